The number of hydrogen-bond acceptors (Lipinski definition) is 3. The summed E-state index contributed by atoms with van der Waals surface area (Å²) in [7, 11) is 0. The van der Waals surface area contributed by atoms with Crippen LogP contribution >= 0.6 is 0 Å². The molecular formula is C18H38NO3+. The van der Waals surface area contributed by atoms with Gasteiger partial charge in [0.05, 0.1) is 4.97 Å². The average Bonchev–Trinajstić information content (AvgIpc) is 2.45. The van der Waals surface area contributed by atoms with Gasteiger partial charge >= 0.3 is 0 Å². The summed E-state index contributed by atoms with van der Waals surface area (Å²) < 4.78 is 0. The Labute approximate surface area is 136 Å². The predicted octanol–water partition coefficient (Wildman–Crippen LogP) is 6.01. The zero-order valence-corrected chi connectivity index (χ0v) is 14.6. The monoisotopic (exact) mass is 316 g/mol. The Hall–Kier alpha value is -0.420. The second kappa shape index (κ2) is 15.5. The molecule has 0 heterocycles. The van der Waals surface area contributed by atoms with E-state index in [0.29, 0.717) is 6.42 Å². The topological polar surface area (TPSA) is 60.7 Å². The lowest BCUT2D eigenvalue weighted by atomic mass is 10.1. The molecule has 3 N–H and O–H groups in total. The van der Waals surface area contributed by atoms with Crippen molar-refractivity contribution >= 4 is 0 Å². The molecular weight excluding hydrogens is 278 g/mol. The van der Waals surface area contributed by atoms with Crippen LogP contribution in [0, 0.1) is 0 Å². The van der Waals surface area contributed by atoms with Crippen LogP contribution < -0.4 is 0 Å². The standard InChI is InChI=1S/C18H38NO3/c1-2-3-4-5-6-7-8-9-10-11-12-13-14-15-16-17-18-19(20,21)22/h9-10,20-22H,2-8,11-18H2,1H3/q+1/b10-9-. The van der Waals surface area contributed by atoms with Gasteiger partial charge in [0.2, 0.25) is 0 Å². The Morgan fingerprint density at radius 1 is 0.591 bits per heavy atom. The number of unbranched alkanes of at least 4 members (excludes halogenated alkanes) is 12. The quantitative estimate of drug-likeness (QED) is 0.141. The Balaban J connectivity index is 3.11. The van der Waals surface area contributed by atoms with Crippen LogP contribution in [-0.4, -0.2) is 27.1 Å². The van der Waals surface area contributed by atoms with Gasteiger partial charge in [-0.2, -0.15) is 0 Å². The van der Waals surface area contributed by atoms with Crippen molar-refractivity contribution in [3.8, 4) is 0 Å². The molecule has 0 atom stereocenters. The zero-order valence-electron chi connectivity index (χ0n) is 14.6. The third-order valence-electron chi connectivity index (χ3n) is 3.97. The van der Waals surface area contributed by atoms with Gasteiger partial charge in [-0.15, -0.1) is 15.6 Å². The van der Waals surface area contributed by atoms with Crippen molar-refractivity contribution in [2.24, 2.45) is 0 Å². The highest BCUT2D eigenvalue weighted by molar-refractivity contribution is 4.81. The van der Waals surface area contributed by atoms with Crippen molar-refractivity contribution in [2.45, 2.75) is 96.8 Å². The van der Waals surface area contributed by atoms with Crippen LogP contribution in [0.2, 0.25) is 0 Å². The van der Waals surface area contributed by atoms with E-state index in [9.17, 15) is 0 Å². The number of nitrogens with zero attached hydrogens (tertiary/aromatic N) is 1. The third-order valence-corrected chi connectivity index (χ3v) is 3.97. The average molecular weight is 317 g/mol. The fourth-order valence-corrected chi connectivity index (χ4v) is 2.57. The second-order valence-electron chi connectivity index (χ2n) is 6.35. The van der Waals surface area contributed by atoms with Crippen LogP contribution in [0.4, 0.5) is 0 Å². The highest BCUT2D eigenvalue weighted by Crippen LogP contribution is 2.10. The van der Waals surface area contributed by atoms with E-state index in [1.165, 1.54) is 70.6 Å². The molecule has 0 aliphatic heterocycles. The van der Waals surface area contributed by atoms with Gasteiger partial charge in [0.1, 0.15) is 0 Å². The van der Waals surface area contributed by atoms with Crippen LogP contribution in [0.25, 0.3) is 0 Å². The lowest BCUT2D eigenvalue weighted by Crippen LogP contribution is -2.37. The first kappa shape index (κ1) is 21.6. The van der Waals surface area contributed by atoms with E-state index in [1.807, 2.05) is 0 Å². The largest absolute Gasteiger partial charge is 0.177 e. The highest BCUT2D eigenvalue weighted by atomic mass is 17.1. The molecule has 22 heavy (non-hydrogen) atoms. The third kappa shape index (κ3) is 19.6. The van der Waals surface area contributed by atoms with Gasteiger partial charge in [-0.25, -0.2) is 0 Å². The maximum atomic E-state index is 8.67. The SMILES string of the molecule is CCCCCCCC/C=C\CCCCCCCC[N+](O)(O)O. The molecule has 4 nitrogen and oxygen atoms in total. The Kier molecular flexibility index (Phi) is 15.2. The first-order chi connectivity index (χ1) is 10.6. The van der Waals surface area contributed by atoms with Crippen LogP contribution in [0.3, 0.4) is 0 Å². The number of rotatable bonds is 16. The van der Waals surface area contributed by atoms with Gasteiger partial charge in [-0.1, -0.05) is 70.4 Å². The molecule has 0 radical (unpaired) electrons. The maximum Gasteiger partial charge on any atom is 0.177 e. The summed E-state index contributed by atoms with van der Waals surface area (Å²) in [6.07, 6.45) is 21.6. The minimum atomic E-state index is -1.89. The summed E-state index contributed by atoms with van der Waals surface area (Å²) in [6, 6.07) is 0. The van der Waals surface area contributed by atoms with Crippen LogP contribution in [-0.2, 0) is 0 Å². The van der Waals surface area contributed by atoms with E-state index in [-0.39, 0.29) is 6.54 Å². The molecule has 0 aromatic rings. The van der Waals surface area contributed by atoms with Crippen molar-refractivity contribution in [2.75, 3.05) is 6.54 Å². The highest BCUT2D eigenvalue weighted by Gasteiger charge is 2.16. The van der Waals surface area contributed by atoms with E-state index < -0.39 is 4.97 Å². The van der Waals surface area contributed by atoms with Gasteiger partial charge in [-0.3, -0.25) is 0 Å². The Morgan fingerprint density at radius 3 is 1.45 bits per heavy atom. The van der Waals surface area contributed by atoms with Crippen molar-refractivity contribution in [3.63, 3.8) is 0 Å². The predicted molar refractivity (Wildman–Crippen MR) is 89.9 cm³/mol. The van der Waals surface area contributed by atoms with Crippen molar-refractivity contribution < 1.29 is 20.6 Å². The van der Waals surface area contributed by atoms with Crippen molar-refractivity contribution in [1.82, 2.24) is 0 Å². The number of hydrogen-bond donors (Lipinski definition) is 3. The maximum absolute atomic E-state index is 8.67. The van der Waals surface area contributed by atoms with Gasteiger partial charge in [0.25, 0.3) is 0 Å². The lowest BCUT2D eigenvalue weighted by Gasteiger charge is -2.10. The molecule has 0 saturated carbocycles. The summed E-state index contributed by atoms with van der Waals surface area (Å²) in [5, 5.41) is 26.0. The summed E-state index contributed by atoms with van der Waals surface area (Å²) in [5.41, 5.74) is 0. The van der Waals surface area contributed by atoms with E-state index in [1.54, 1.807) is 0 Å². The molecule has 0 aliphatic rings. The molecule has 0 spiro atoms. The molecule has 4 heteroatoms. The lowest BCUT2D eigenvalue weighted by molar-refractivity contribution is -1.37. The Bertz CT molecular complexity index is 249. The molecule has 0 bridgehead atoms. The first-order valence-electron chi connectivity index (χ1n) is 9.27. The molecule has 0 aliphatic carbocycles. The Morgan fingerprint density at radius 2 is 1.00 bits per heavy atom. The summed E-state index contributed by atoms with van der Waals surface area (Å²) in [4.78, 5) is -1.89. The van der Waals surface area contributed by atoms with Crippen molar-refractivity contribution in [3.05, 3.63) is 12.2 Å². The number of hydroxylamine groups is 3. The van der Waals surface area contributed by atoms with Gasteiger partial charge in [-0.05, 0) is 32.1 Å². The summed E-state index contributed by atoms with van der Waals surface area (Å²) >= 11 is 0. The van der Waals surface area contributed by atoms with Gasteiger partial charge < -0.3 is 0 Å². The first-order valence-corrected chi connectivity index (χ1v) is 9.27. The number of allylic oxidation sites excluding steroid dienone is 2. The van der Waals surface area contributed by atoms with E-state index in [2.05, 4.69) is 19.1 Å². The summed E-state index contributed by atoms with van der Waals surface area (Å²) in [5.74, 6) is 0. The normalized spacial score (nSPS) is 12.4. The van der Waals surface area contributed by atoms with Crippen molar-refractivity contribution in [1.29, 1.82) is 0 Å². The van der Waals surface area contributed by atoms with Gasteiger partial charge in [0.15, 0.2) is 6.54 Å². The minimum absolute atomic E-state index is 0.0127. The fourth-order valence-electron chi connectivity index (χ4n) is 2.57. The molecule has 0 aromatic heterocycles. The second-order valence-corrected chi connectivity index (χ2v) is 6.35. The molecule has 0 aromatic carbocycles. The molecule has 0 amide bonds. The molecule has 0 fully saturated rings. The zero-order chi connectivity index (χ0) is 16.5. The van der Waals surface area contributed by atoms with E-state index >= 15 is 0 Å². The van der Waals surface area contributed by atoms with E-state index in [4.69, 9.17) is 15.6 Å². The fraction of sp³-hybridized carbons (Fsp3) is 0.889. The molecule has 0 rings (SSSR count). The van der Waals surface area contributed by atoms with Crippen LogP contribution in [0.15, 0.2) is 12.2 Å². The summed E-state index contributed by atoms with van der Waals surface area (Å²) in [6.45, 7) is 2.24. The minimum Gasteiger partial charge on any atom is -0.146 e. The van der Waals surface area contributed by atoms with Crippen LogP contribution in [0.5, 0.6) is 0 Å². The number of quaternary nitrogens is 1. The molecule has 132 valence electrons. The van der Waals surface area contributed by atoms with Gasteiger partial charge in [0, 0.05) is 6.42 Å². The van der Waals surface area contributed by atoms with E-state index in [0.717, 1.165) is 12.8 Å². The molecule has 0 unspecified atom stereocenters. The smallest absolute Gasteiger partial charge is 0.146 e. The molecule has 0 saturated heterocycles. The van der Waals surface area contributed by atoms with Crippen LogP contribution in [0.1, 0.15) is 96.8 Å².